The first-order valence-corrected chi connectivity index (χ1v) is 11.2. The third kappa shape index (κ3) is 4.57. The van der Waals surface area contributed by atoms with E-state index in [-0.39, 0.29) is 22.8 Å². The zero-order valence-corrected chi connectivity index (χ0v) is 17.1. The summed E-state index contributed by atoms with van der Waals surface area (Å²) in [6.45, 7) is 5.62. The fraction of sp³-hybridized carbons (Fsp3) is 0.421. The molecule has 146 valence electrons. The van der Waals surface area contributed by atoms with Gasteiger partial charge < -0.3 is 10.1 Å². The highest BCUT2D eigenvalue weighted by atomic mass is 32.2. The van der Waals surface area contributed by atoms with Crippen molar-refractivity contribution in [3.8, 4) is 0 Å². The van der Waals surface area contributed by atoms with Gasteiger partial charge in [0, 0.05) is 23.5 Å². The lowest BCUT2D eigenvalue weighted by atomic mass is 10.0. The lowest BCUT2D eigenvalue weighted by molar-refractivity contribution is 0.0730. The van der Waals surface area contributed by atoms with Crippen LogP contribution in [-0.2, 0) is 14.8 Å². The van der Waals surface area contributed by atoms with Crippen LogP contribution in [0, 0.1) is 5.92 Å². The van der Waals surface area contributed by atoms with E-state index in [1.54, 1.807) is 23.5 Å². The third-order valence-corrected chi connectivity index (χ3v) is 7.40. The van der Waals surface area contributed by atoms with Gasteiger partial charge in [0.1, 0.15) is 0 Å². The molecule has 8 heteroatoms. The molecule has 0 radical (unpaired) electrons. The van der Waals surface area contributed by atoms with Crippen LogP contribution in [0.1, 0.15) is 35.1 Å². The topological polar surface area (TPSA) is 75.7 Å². The highest BCUT2D eigenvalue weighted by Crippen LogP contribution is 2.26. The molecule has 0 unspecified atom stereocenters. The molecule has 2 aromatic rings. The summed E-state index contributed by atoms with van der Waals surface area (Å²) >= 11 is 1.61. The quantitative estimate of drug-likeness (QED) is 0.797. The Hall–Kier alpha value is -1.74. The molecular weight excluding hydrogens is 384 g/mol. The summed E-state index contributed by atoms with van der Waals surface area (Å²) in [4.78, 5) is 13.9. The monoisotopic (exact) mass is 408 g/mol. The highest BCUT2D eigenvalue weighted by Gasteiger charge is 2.26. The second-order valence-corrected chi connectivity index (χ2v) is 9.67. The average Bonchev–Trinajstić information content (AvgIpc) is 3.21. The van der Waals surface area contributed by atoms with Crippen LogP contribution in [0.15, 0.2) is 46.7 Å². The maximum absolute atomic E-state index is 12.7. The summed E-state index contributed by atoms with van der Waals surface area (Å²) in [6, 6.07) is 10.0. The first-order chi connectivity index (χ1) is 12.9. The molecule has 1 aliphatic heterocycles. The van der Waals surface area contributed by atoms with Crippen molar-refractivity contribution in [1.82, 2.24) is 9.62 Å². The Morgan fingerprint density at radius 3 is 2.37 bits per heavy atom. The maximum atomic E-state index is 12.7. The van der Waals surface area contributed by atoms with Crippen LogP contribution in [0.3, 0.4) is 0 Å². The normalized spacial score (nSPS) is 17.0. The summed E-state index contributed by atoms with van der Waals surface area (Å²) in [5.74, 6) is 0.0333. The minimum absolute atomic E-state index is 0.0748. The summed E-state index contributed by atoms with van der Waals surface area (Å²) in [6.07, 6.45) is 0. The Bertz CT molecular complexity index is 856. The number of amides is 1. The zero-order valence-electron chi connectivity index (χ0n) is 15.4. The molecule has 1 aromatic carbocycles. The standard InChI is InChI=1S/C19H24N2O4S2/c1-14(2)18(17-4-3-13-26-17)20-19(22)15-5-7-16(8-6-15)27(23,24)21-9-11-25-12-10-21/h3-8,13-14,18H,9-12H2,1-2H3,(H,20,22)/t18-/m1/s1. The first kappa shape index (κ1) is 20.0. The van der Waals surface area contributed by atoms with Crippen molar-refractivity contribution in [3.63, 3.8) is 0 Å². The van der Waals surface area contributed by atoms with Gasteiger partial charge in [0.05, 0.1) is 24.2 Å². The second kappa shape index (κ2) is 8.52. The van der Waals surface area contributed by atoms with E-state index in [0.717, 1.165) is 4.88 Å². The fourth-order valence-corrected chi connectivity index (χ4v) is 5.33. The van der Waals surface area contributed by atoms with Crippen molar-refractivity contribution in [2.24, 2.45) is 5.92 Å². The van der Waals surface area contributed by atoms with E-state index in [1.165, 1.54) is 16.4 Å². The molecule has 27 heavy (non-hydrogen) atoms. The number of rotatable bonds is 6. The molecule has 1 saturated heterocycles. The third-order valence-electron chi connectivity index (χ3n) is 4.53. The summed E-state index contributed by atoms with van der Waals surface area (Å²) in [7, 11) is -3.55. The van der Waals surface area contributed by atoms with E-state index in [2.05, 4.69) is 19.2 Å². The Labute approximate surface area is 164 Å². The SMILES string of the molecule is CC(C)[C@@H](NC(=O)c1ccc(S(=O)(=O)N2CCOCC2)cc1)c1cccs1. The van der Waals surface area contributed by atoms with Gasteiger partial charge in [-0.15, -0.1) is 11.3 Å². The van der Waals surface area contributed by atoms with Gasteiger partial charge in [0.15, 0.2) is 0 Å². The lowest BCUT2D eigenvalue weighted by Gasteiger charge is -2.26. The molecule has 0 bridgehead atoms. The van der Waals surface area contributed by atoms with Gasteiger partial charge in [-0.2, -0.15) is 4.31 Å². The largest absolute Gasteiger partial charge is 0.379 e. The number of carbonyl (C=O) groups excluding carboxylic acids is 1. The fourth-order valence-electron chi connectivity index (χ4n) is 2.97. The number of nitrogens with zero attached hydrogens (tertiary/aromatic N) is 1. The molecule has 1 aliphatic rings. The van der Waals surface area contributed by atoms with Crippen LogP contribution in [-0.4, -0.2) is 44.9 Å². The maximum Gasteiger partial charge on any atom is 0.251 e. The van der Waals surface area contributed by atoms with E-state index in [0.29, 0.717) is 31.9 Å². The van der Waals surface area contributed by atoms with E-state index >= 15 is 0 Å². The molecule has 1 fully saturated rings. The minimum atomic E-state index is -3.55. The number of carbonyl (C=O) groups is 1. The molecule has 1 atom stereocenters. The van der Waals surface area contributed by atoms with Crippen molar-refractivity contribution < 1.29 is 17.9 Å². The van der Waals surface area contributed by atoms with Crippen LogP contribution in [0.2, 0.25) is 0 Å². The first-order valence-electron chi connectivity index (χ1n) is 8.92. The van der Waals surface area contributed by atoms with E-state index in [1.807, 2.05) is 17.5 Å². The number of ether oxygens (including phenoxy) is 1. The minimum Gasteiger partial charge on any atom is -0.379 e. The smallest absolute Gasteiger partial charge is 0.251 e. The van der Waals surface area contributed by atoms with Crippen LogP contribution < -0.4 is 5.32 Å². The Kier molecular flexibility index (Phi) is 6.31. The number of benzene rings is 1. The van der Waals surface area contributed by atoms with Crippen molar-refractivity contribution in [2.75, 3.05) is 26.3 Å². The van der Waals surface area contributed by atoms with Gasteiger partial charge in [-0.1, -0.05) is 19.9 Å². The molecule has 2 heterocycles. The van der Waals surface area contributed by atoms with E-state index in [4.69, 9.17) is 4.74 Å². The number of hydrogen-bond acceptors (Lipinski definition) is 5. The molecule has 0 aliphatic carbocycles. The Morgan fingerprint density at radius 1 is 1.15 bits per heavy atom. The molecule has 1 N–H and O–H groups in total. The van der Waals surface area contributed by atoms with E-state index in [9.17, 15) is 13.2 Å². The van der Waals surface area contributed by atoms with Gasteiger partial charge in [-0.25, -0.2) is 8.42 Å². The number of morpholine rings is 1. The van der Waals surface area contributed by atoms with Crippen molar-refractivity contribution in [3.05, 3.63) is 52.2 Å². The predicted molar refractivity (Wildman–Crippen MR) is 105 cm³/mol. The summed E-state index contributed by atoms with van der Waals surface area (Å²) in [5, 5.41) is 5.04. The molecule has 6 nitrogen and oxygen atoms in total. The Morgan fingerprint density at radius 2 is 1.81 bits per heavy atom. The molecular formula is C19H24N2O4S2. The van der Waals surface area contributed by atoms with Crippen LogP contribution >= 0.6 is 11.3 Å². The number of nitrogens with one attached hydrogen (secondary N) is 1. The van der Waals surface area contributed by atoms with Crippen molar-refractivity contribution in [1.29, 1.82) is 0 Å². The van der Waals surface area contributed by atoms with Crippen molar-refractivity contribution in [2.45, 2.75) is 24.8 Å². The number of hydrogen-bond donors (Lipinski definition) is 1. The Balaban J connectivity index is 1.73. The van der Waals surface area contributed by atoms with E-state index < -0.39 is 10.0 Å². The molecule has 3 rings (SSSR count). The van der Waals surface area contributed by atoms with Gasteiger partial charge >= 0.3 is 0 Å². The predicted octanol–water partition coefficient (Wildman–Crippen LogP) is 2.90. The van der Waals surface area contributed by atoms with Gasteiger partial charge in [-0.3, -0.25) is 4.79 Å². The van der Waals surface area contributed by atoms with Crippen molar-refractivity contribution >= 4 is 27.3 Å². The summed E-state index contributed by atoms with van der Waals surface area (Å²) in [5.41, 5.74) is 0.443. The van der Waals surface area contributed by atoms with Gasteiger partial charge in [0.2, 0.25) is 10.0 Å². The molecule has 1 amide bonds. The lowest BCUT2D eigenvalue weighted by Crippen LogP contribution is -2.40. The van der Waals surface area contributed by atoms with Crippen LogP contribution in [0.4, 0.5) is 0 Å². The van der Waals surface area contributed by atoms with Crippen LogP contribution in [0.25, 0.3) is 0 Å². The molecule has 0 spiro atoms. The van der Waals surface area contributed by atoms with Gasteiger partial charge in [-0.05, 0) is 41.6 Å². The number of sulfonamides is 1. The van der Waals surface area contributed by atoms with Gasteiger partial charge in [0.25, 0.3) is 5.91 Å². The summed E-state index contributed by atoms with van der Waals surface area (Å²) < 4.78 is 31.9. The second-order valence-electron chi connectivity index (χ2n) is 6.75. The zero-order chi connectivity index (χ0) is 19.4. The highest BCUT2D eigenvalue weighted by molar-refractivity contribution is 7.89. The average molecular weight is 409 g/mol. The van der Waals surface area contributed by atoms with Crippen LogP contribution in [0.5, 0.6) is 0 Å². The molecule has 1 aromatic heterocycles. The molecule has 0 saturated carbocycles. The number of thiophene rings is 1.